The molecule has 0 saturated carbocycles. The number of carbonyl (C=O) groups is 1. The summed E-state index contributed by atoms with van der Waals surface area (Å²) in [7, 11) is 3.36. The van der Waals surface area contributed by atoms with Gasteiger partial charge in [0.1, 0.15) is 0 Å². The lowest BCUT2D eigenvalue weighted by Gasteiger charge is -2.21. The van der Waals surface area contributed by atoms with E-state index >= 15 is 0 Å². The zero-order valence-corrected chi connectivity index (χ0v) is 19.5. The molecule has 0 radical (unpaired) electrons. The van der Waals surface area contributed by atoms with Crippen LogP contribution in [0.3, 0.4) is 0 Å². The minimum atomic E-state index is -0.516. The Morgan fingerprint density at radius 3 is 2.58 bits per heavy atom. The Kier molecular flexibility index (Phi) is 6.35. The predicted molar refractivity (Wildman–Crippen MR) is 124 cm³/mol. The molecule has 1 fully saturated rings. The molecule has 1 aliphatic rings. The molecule has 1 aromatic heterocycles. The lowest BCUT2D eigenvalue weighted by Crippen LogP contribution is -2.32. The van der Waals surface area contributed by atoms with Crippen LogP contribution in [0.5, 0.6) is 0 Å². The third-order valence-electron chi connectivity index (χ3n) is 5.71. The first-order valence-corrected chi connectivity index (χ1v) is 11.1. The number of likely N-dealkylation sites (tertiary alicyclic amines) is 1. The molecule has 1 aliphatic heterocycles. The molecule has 2 aromatic carbocycles. The number of rotatable bonds is 3. The van der Waals surface area contributed by atoms with Crippen LogP contribution in [-0.2, 0) is 4.74 Å². The second-order valence-electron chi connectivity index (χ2n) is 7.81. The molecule has 3 aromatic rings. The molecule has 9 heteroatoms. The molecule has 0 amide bonds. The monoisotopic (exact) mass is 481 g/mol. The van der Waals surface area contributed by atoms with Gasteiger partial charge < -0.3 is 9.64 Å². The van der Waals surface area contributed by atoms with Gasteiger partial charge in [0, 0.05) is 11.6 Å². The highest BCUT2D eigenvalue weighted by atomic mass is 35.5. The Labute approximate surface area is 194 Å². The van der Waals surface area contributed by atoms with Crippen LogP contribution in [0.2, 0.25) is 15.1 Å². The van der Waals surface area contributed by atoms with E-state index in [0.29, 0.717) is 33.3 Å². The number of ether oxygens (including phenoxy) is 1. The van der Waals surface area contributed by atoms with Crippen molar-refractivity contribution in [2.45, 2.75) is 25.3 Å². The first-order chi connectivity index (χ1) is 14.8. The zero-order valence-electron chi connectivity index (χ0n) is 17.2. The van der Waals surface area contributed by atoms with Crippen molar-refractivity contribution in [2.75, 3.05) is 27.2 Å². The molecule has 1 unspecified atom stereocenters. The minimum Gasteiger partial charge on any atom is -0.465 e. The number of hydrogen-bond acceptors (Lipinski definition) is 4. The molecule has 31 heavy (non-hydrogen) atoms. The fourth-order valence-electron chi connectivity index (χ4n) is 4.29. The van der Waals surface area contributed by atoms with Gasteiger partial charge in [-0.3, -0.25) is 9.13 Å². The smallest absolute Gasteiger partial charge is 0.337 e. The van der Waals surface area contributed by atoms with Crippen LogP contribution in [0.15, 0.2) is 35.1 Å². The number of carbonyl (C=O) groups excluding carboxylic acids is 1. The van der Waals surface area contributed by atoms with Gasteiger partial charge in [-0.1, -0.05) is 41.2 Å². The van der Waals surface area contributed by atoms with E-state index in [-0.39, 0.29) is 22.3 Å². The summed E-state index contributed by atoms with van der Waals surface area (Å²) in [6.45, 7) is 1.69. The predicted octanol–water partition coefficient (Wildman–Crippen LogP) is 5.20. The highest BCUT2D eigenvalue weighted by Gasteiger charge is 2.27. The van der Waals surface area contributed by atoms with Gasteiger partial charge in [0.2, 0.25) is 0 Å². The highest BCUT2D eigenvalue weighted by Crippen LogP contribution is 2.33. The normalized spacial score (nSPS) is 17.6. The fourth-order valence-corrected chi connectivity index (χ4v) is 5.08. The van der Waals surface area contributed by atoms with Gasteiger partial charge in [-0.25, -0.2) is 9.59 Å². The summed E-state index contributed by atoms with van der Waals surface area (Å²) in [6, 6.07) is 8.07. The van der Waals surface area contributed by atoms with E-state index in [1.165, 1.54) is 17.7 Å². The van der Waals surface area contributed by atoms with Gasteiger partial charge in [-0.05, 0) is 56.8 Å². The van der Waals surface area contributed by atoms with Gasteiger partial charge in [0.05, 0.1) is 45.5 Å². The Balaban J connectivity index is 2.05. The molecular formula is C22H22Cl3N3O3. The summed E-state index contributed by atoms with van der Waals surface area (Å²) in [6.07, 6.45) is 2.91. The van der Waals surface area contributed by atoms with Crippen LogP contribution in [0.1, 0.15) is 35.7 Å². The number of methoxy groups -OCH3 is 1. The molecule has 0 bridgehead atoms. The number of benzene rings is 2. The van der Waals surface area contributed by atoms with Crippen molar-refractivity contribution in [1.29, 1.82) is 0 Å². The number of esters is 1. The lowest BCUT2D eigenvalue weighted by molar-refractivity contribution is 0.0601. The van der Waals surface area contributed by atoms with Gasteiger partial charge >= 0.3 is 11.7 Å². The molecule has 0 spiro atoms. The van der Waals surface area contributed by atoms with Crippen LogP contribution < -0.4 is 5.69 Å². The van der Waals surface area contributed by atoms with Gasteiger partial charge in [0.15, 0.2) is 0 Å². The Morgan fingerprint density at radius 1 is 1.10 bits per heavy atom. The number of imidazole rings is 1. The average Bonchev–Trinajstić information content (AvgIpc) is 2.86. The first kappa shape index (κ1) is 22.2. The van der Waals surface area contributed by atoms with E-state index in [1.54, 1.807) is 28.8 Å². The average molecular weight is 483 g/mol. The van der Waals surface area contributed by atoms with Crippen molar-refractivity contribution in [3.05, 3.63) is 61.4 Å². The third kappa shape index (κ3) is 4.10. The van der Waals surface area contributed by atoms with E-state index in [2.05, 4.69) is 4.90 Å². The molecule has 6 nitrogen and oxygen atoms in total. The maximum atomic E-state index is 13.8. The molecule has 0 N–H and O–H groups in total. The number of fused-ring (bicyclic) bond motifs is 1. The summed E-state index contributed by atoms with van der Waals surface area (Å²) >= 11 is 19.2. The first-order valence-electron chi connectivity index (χ1n) is 10.0. The summed E-state index contributed by atoms with van der Waals surface area (Å²) in [5, 5.41) is 1.07. The van der Waals surface area contributed by atoms with E-state index in [1.807, 2.05) is 7.05 Å². The molecule has 1 saturated heterocycles. The minimum absolute atomic E-state index is 0.0706. The molecule has 2 heterocycles. The standard InChI is InChI=1S/C22H22Cl3N3O3/c1-26-8-4-3-5-15(12-26)27-19-10-13(21(29)31-2)9-17(25)20(19)28(22(27)30)18-7-6-14(23)11-16(18)24/h6-7,9-11,15H,3-5,8,12H2,1-2H3. The summed E-state index contributed by atoms with van der Waals surface area (Å²) < 4.78 is 8.12. The summed E-state index contributed by atoms with van der Waals surface area (Å²) in [5.74, 6) is -0.516. The highest BCUT2D eigenvalue weighted by molar-refractivity contribution is 6.37. The number of nitrogens with zero attached hydrogens (tertiary/aromatic N) is 3. The van der Waals surface area contributed by atoms with Crippen molar-refractivity contribution < 1.29 is 9.53 Å². The molecule has 1 atom stereocenters. The Hall–Kier alpha value is -1.99. The van der Waals surface area contributed by atoms with Crippen molar-refractivity contribution >= 4 is 51.8 Å². The zero-order chi connectivity index (χ0) is 22.3. The fraction of sp³-hybridized carbons (Fsp3) is 0.364. The second-order valence-corrected chi connectivity index (χ2v) is 9.06. The van der Waals surface area contributed by atoms with Crippen LogP contribution >= 0.6 is 34.8 Å². The van der Waals surface area contributed by atoms with E-state index in [4.69, 9.17) is 39.5 Å². The number of hydrogen-bond donors (Lipinski definition) is 0. The van der Waals surface area contributed by atoms with Crippen LogP contribution in [-0.4, -0.2) is 47.3 Å². The van der Waals surface area contributed by atoms with Crippen molar-refractivity contribution in [1.82, 2.24) is 14.0 Å². The number of likely N-dealkylation sites (N-methyl/N-ethyl adjacent to an activating group) is 1. The van der Waals surface area contributed by atoms with Crippen molar-refractivity contribution in [2.24, 2.45) is 0 Å². The molecule has 0 aliphatic carbocycles. The van der Waals surface area contributed by atoms with Crippen LogP contribution in [0.4, 0.5) is 0 Å². The Morgan fingerprint density at radius 2 is 1.87 bits per heavy atom. The second kappa shape index (κ2) is 8.87. The third-order valence-corrected chi connectivity index (χ3v) is 6.54. The summed E-state index contributed by atoms with van der Waals surface area (Å²) in [4.78, 5) is 28.2. The quantitative estimate of drug-likeness (QED) is 0.482. The van der Waals surface area contributed by atoms with Crippen molar-refractivity contribution in [3.63, 3.8) is 0 Å². The van der Waals surface area contributed by atoms with E-state index < -0.39 is 5.97 Å². The molecule has 164 valence electrons. The molecule has 4 rings (SSSR count). The number of halogens is 3. The number of aromatic nitrogens is 2. The SMILES string of the molecule is COC(=O)c1cc(Cl)c2c(c1)n(C1CCCCN(C)C1)c(=O)n2-c1ccc(Cl)cc1Cl. The van der Waals surface area contributed by atoms with Gasteiger partial charge in [-0.15, -0.1) is 0 Å². The van der Waals surface area contributed by atoms with Crippen LogP contribution in [0, 0.1) is 0 Å². The van der Waals surface area contributed by atoms with E-state index in [0.717, 1.165) is 25.8 Å². The summed E-state index contributed by atoms with van der Waals surface area (Å²) in [5.41, 5.74) is 1.58. The van der Waals surface area contributed by atoms with E-state index in [9.17, 15) is 9.59 Å². The maximum absolute atomic E-state index is 13.8. The van der Waals surface area contributed by atoms with Crippen molar-refractivity contribution in [3.8, 4) is 5.69 Å². The largest absolute Gasteiger partial charge is 0.465 e. The Bertz CT molecular complexity index is 1220. The topological polar surface area (TPSA) is 56.5 Å². The van der Waals surface area contributed by atoms with Gasteiger partial charge in [-0.2, -0.15) is 0 Å². The van der Waals surface area contributed by atoms with Gasteiger partial charge in [0.25, 0.3) is 0 Å². The lowest BCUT2D eigenvalue weighted by atomic mass is 10.1. The van der Waals surface area contributed by atoms with Crippen LogP contribution in [0.25, 0.3) is 16.7 Å². The molecular weight excluding hydrogens is 461 g/mol. The maximum Gasteiger partial charge on any atom is 0.337 e.